The number of rotatable bonds is 6. The normalized spacial score (nSPS) is 19.6. The second-order valence-electron chi connectivity index (χ2n) is 9.07. The zero-order valence-corrected chi connectivity index (χ0v) is 19.9. The Balaban J connectivity index is 1.18. The maximum Gasteiger partial charge on any atom is 0.227 e. The van der Waals surface area contributed by atoms with Crippen LogP contribution >= 0.6 is 11.3 Å². The molecule has 0 aliphatic carbocycles. The van der Waals surface area contributed by atoms with Gasteiger partial charge in [0.05, 0.1) is 24.7 Å². The Kier molecular flexibility index (Phi) is 6.05. The van der Waals surface area contributed by atoms with Gasteiger partial charge in [-0.15, -0.1) is 11.3 Å². The number of thiophene rings is 1. The second-order valence-corrected chi connectivity index (χ2v) is 10.1. The fourth-order valence-corrected chi connectivity index (χ4v) is 5.73. The van der Waals surface area contributed by atoms with Crippen LogP contribution in [0.4, 0.5) is 0 Å². The van der Waals surface area contributed by atoms with Crippen molar-refractivity contribution < 1.29 is 14.1 Å². The van der Waals surface area contributed by atoms with Crippen LogP contribution in [0.3, 0.4) is 0 Å². The fraction of sp³-hybridized carbons (Fsp3) is 0.500. The van der Waals surface area contributed by atoms with E-state index in [1.807, 2.05) is 53.6 Å². The first-order valence-corrected chi connectivity index (χ1v) is 12.4. The number of piperidine rings is 1. The van der Waals surface area contributed by atoms with Crippen molar-refractivity contribution in [3.05, 3.63) is 57.6 Å². The Labute approximate surface area is 197 Å². The summed E-state index contributed by atoms with van der Waals surface area (Å²) in [5.41, 5.74) is 2.01. The van der Waals surface area contributed by atoms with Gasteiger partial charge in [0.15, 0.2) is 0 Å². The van der Waals surface area contributed by atoms with Gasteiger partial charge in [0.25, 0.3) is 0 Å². The average Bonchev–Trinajstić information content (AvgIpc) is 3.61. The average molecular weight is 468 g/mol. The van der Waals surface area contributed by atoms with Gasteiger partial charge >= 0.3 is 0 Å². The molecule has 3 aromatic heterocycles. The van der Waals surface area contributed by atoms with Crippen molar-refractivity contribution >= 4 is 23.2 Å². The minimum absolute atomic E-state index is 0.0815. The number of amides is 2. The number of hydrogen-bond donors (Lipinski definition) is 0. The van der Waals surface area contributed by atoms with E-state index in [4.69, 9.17) is 4.52 Å². The van der Waals surface area contributed by atoms with E-state index in [-0.39, 0.29) is 17.7 Å². The van der Waals surface area contributed by atoms with Crippen LogP contribution < -0.4 is 0 Å². The van der Waals surface area contributed by atoms with Gasteiger partial charge in [-0.1, -0.05) is 11.2 Å². The van der Waals surface area contributed by atoms with Gasteiger partial charge in [-0.25, -0.2) is 4.98 Å². The molecule has 0 radical (unpaired) electrons. The SMILES string of the molecule is Cc1noc(C)c1Cn1ccnc1C1CCN(C(=O)C2CC(=O)N(Cc3cccs3)C2)CC1. The topological polar surface area (TPSA) is 84.5 Å². The number of aryl methyl sites for hydroxylation is 2. The molecular formula is C24H29N5O3S. The molecule has 0 aromatic carbocycles. The molecule has 2 fully saturated rings. The number of imidazole rings is 1. The quantitative estimate of drug-likeness (QED) is 0.555. The predicted molar refractivity (Wildman–Crippen MR) is 124 cm³/mol. The third-order valence-electron chi connectivity index (χ3n) is 6.92. The van der Waals surface area contributed by atoms with Crippen LogP contribution in [0.15, 0.2) is 34.4 Å². The molecule has 0 N–H and O–H groups in total. The first kappa shape index (κ1) is 21.9. The zero-order chi connectivity index (χ0) is 22.9. The maximum atomic E-state index is 13.2. The molecule has 5 rings (SSSR count). The molecule has 2 aliphatic heterocycles. The Bertz CT molecular complexity index is 1110. The van der Waals surface area contributed by atoms with Crippen LogP contribution in [0, 0.1) is 19.8 Å². The maximum absolute atomic E-state index is 13.2. The van der Waals surface area contributed by atoms with Crippen LogP contribution in [-0.4, -0.2) is 56.0 Å². The Morgan fingerprint density at radius 3 is 2.76 bits per heavy atom. The van der Waals surface area contributed by atoms with Crippen molar-refractivity contribution in [3.63, 3.8) is 0 Å². The van der Waals surface area contributed by atoms with E-state index in [1.54, 1.807) is 11.3 Å². The van der Waals surface area contributed by atoms with E-state index in [0.29, 0.717) is 45.1 Å². The number of hydrogen-bond acceptors (Lipinski definition) is 6. The fourth-order valence-electron chi connectivity index (χ4n) is 5.01. The van der Waals surface area contributed by atoms with Crippen LogP contribution in [0.5, 0.6) is 0 Å². The summed E-state index contributed by atoms with van der Waals surface area (Å²) in [4.78, 5) is 35.2. The van der Waals surface area contributed by atoms with Crippen molar-refractivity contribution in [2.24, 2.45) is 5.92 Å². The number of carbonyl (C=O) groups excluding carboxylic acids is 2. The Morgan fingerprint density at radius 2 is 2.06 bits per heavy atom. The Hall–Kier alpha value is -2.94. The molecule has 3 aromatic rings. The van der Waals surface area contributed by atoms with Crippen molar-refractivity contribution in [3.8, 4) is 0 Å². The molecule has 8 nitrogen and oxygen atoms in total. The standard InChI is InChI=1S/C24H29N5O3S/c1-16-21(17(2)32-26-16)15-28-10-7-25-23(28)18-5-8-27(9-6-18)24(31)19-12-22(30)29(13-19)14-20-4-3-11-33-20/h3-4,7,10-11,18-19H,5-6,8-9,12-15H2,1-2H3. The summed E-state index contributed by atoms with van der Waals surface area (Å²) in [6.45, 7) is 7.13. The van der Waals surface area contributed by atoms with E-state index in [2.05, 4.69) is 14.7 Å². The highest BCUT2D eigenvalue weighted by Gasteiger charge is 2.38. The molecule has 2 amide bonds. The molecule has 174 valence electrons. The van der Waals surface area contributed by atoms with E-state index < -0.39 is 0 Å². The van der Waals surface area contributed by atoms with Gasteiger partial charge in [-0.05, 0) is 38.1 Å². The van der Waals surface area contributed by atoms with Gasteiger partial charge in [0.1, 0.15) is 11.6 Å². The van der Waals surface area contributed by atoms with E-state index in [1.165, 1.54) is 0 Å². The lowest BCUT2D eigenvalue weighted by molar-refractivity contribution is -0.136. The van der Waals surface area contributed by atoms with Crippen molar-refractivity contribution in [1.82, 2.24) is 24.5 Å². The first-order valence-electron chi connectivity index (χ1n) is 11.5. The summed E-state index contributed by atoms with van der Waals surface area (Å²) in [7, 11) is 0. The molecule has 2 aliphatic rings. The lowest BCUT2D eigenvalue weighted by Gasteiger charge is -2.33. The van der Waals surface area contributed by atoms with Gasteiger partial charge in [-0.3, -0.25) is 9.59 Å². The molecule has 2 saturated heterocycles. The number of aromatic nitrogens is 3. The zero-order valence-electron chi connectivity index (χ0n) is 19.1. The summed E-state index contributed by atoms with van der Waals surface area (Å²) in [6.07, 6.45) is 5.93. The van der Waals surface area contributed by atoms with E-state index >= 15 is 0 Å². The predicted octanol–water partition coefficient (Wildman–Crippen LogP) is 3.35. The molecule has 0 bridgehead atoms. The molecule has 1 unspecified atom stereocenters. The van der Waals surface area contributed by atoms with Crippen LogP contribution in [-0.2, 0) is 22.7 Å². The molecule has 0 spiro atoms. The highest BCUT2D eigenvalue weighted by molar-refractivity contribution is 7.09. The third-order valence-corrected chi connectivity index (χ3v) is 7.78. The van der Waals surface area contributed by atoms with E-state index in [0.717, 1.165) is 40.6 Å². The van der Waals surface area contributed by atoms with Crippen molar-refractivity contribution in [2.45, 2.75) is 52.1 Å². The highest BCUT2D eigenvalue weighted by atomic mass is 32.1. The number of nitrogens with zero attached hydrogens (tertiary/aromatic N) is 5. The second kappa shape index (κ2) is 9.13. The van der Waals surface area contributed by atoms with Gasteiger partial charge in [-0.2, -0.15) is 0 Å². The molecule has 1 atom stereocenters. The van der Waals surface area contributed by atoms with Crippen LogP contribution in [0.1, 0.15) is 52.9 Å². The smallest absolute Gasteiger partial charge is 0.227 e. The lowest BCUT2D eigenvalue weighted by atomic mass is 9.94. The van der Waals surface area contributed by atoms with Gasteiger partial charge in [0, 0.05) is 54.8 Å². The highest BCUT2D eigenvalue weighted by Crippen LogP contribution is 2.30. The Morgan fingerprint density at radius 1 is 1.24 bits per heavy atom. The molecule has 33 heavy (non-hydrogen) atoms. The molecule has 0 saturated carbocycles. The summed E-state index contributed by atoms with van der Waals surface area (Å²) in [5.74, 6) is 2.18. The van der Waals surface area contributed by atoms with Crippen molar-refractivity contribution in [2.75, 3.05) is 19.6 Å². The minimum Gasteiger partial charge on any atom is -0.361 e. The first-order chi connectivity index (χ1) is 16.0. The summed E-state index contributed by atoms with van der Waals surface area (Å²) in [5, 5.41) is 6.07. The summed E-state index contributed by atoms with van der Waals surface area (Å²) < 4.78 is 7.48. The molecular weight excluding hydrogens is 438 g/mol. The number of carbonyl (C=O) groups is 2. The largest absolute Gasteiger partial charge is 0.361 e. The third kappa shape index (κ3) is 4.46. The monoisotopic (exact) mass is 467 g/mol. The van der Waals surface area contributed by atoms with Crippen LogP contribution in [0.25, 0.3) is 0 Å². The summed E-state index contributed by atoms with van der Waals surface area (Å²) in [6, 6.07) is 4.03. The minimum atomic E-state index is -0.226. The molecule has 5 heterocycles. The van der Waals surface area contributed by atoms with Crippen LogP contribution in [0.2, 0.25) is 0 Å². The van der Waals surface area contributed by atoms with E-state index in [9.17, 15) is 9.59 Å². The van der Waals surface area contributed by atoms with Crippen molar-refractivity contribution in [1.29, 1.82) is 0 Å². The lowest BCUT2D eigenvalue weighted by Crippen LogP contribution is -2.42. The van der Waals surface area contributed by atoms with Gasteiger partial charge in [0.2, 0.25) is 11.8 Å². The van der Waals surface area contributed by atoms with Gasteiger partial charge < -0.3 is 18.9 Å². The summed E-state index contributed by atoms with van der Waals surface area (Å²) >= 11 is 1.65. The molecule has 9 heteroatoms. The number of likely N-dealkylation sites (tertiary alicyclic amines) is 2.